The summed E-state index contributed by atoms with van der Waals surface area (Å²) in [6, 6.07) is 7.58. The minimum Gasteiger partial charge on any atom is -0.445 e. The predicted molar refractivity (Wildman–Crippen MR) is 441 cm³/mol. The number of nitrogens with one attached hydrogen (secondary N) is 5. The van der Waals surface area contributed by atoms with Crippen LogP contribution in [0, 0.1) is 0 Å². The molecule has 6 saturated heterocycles. The first kappa shape index (κ1) is 104. The fourth-order valence-electron chi connectivity index (χ4n) is 14.6. The lowest BCUT2D eigenvalue weighted by atomic mass is 9.88. The third kappa shape index (κ3) is 35.6. The van der Waals surface area contributed by atoms with Gasteiger partial charge in [-0.1, -0.05) is 58.8 Å². The fourth-order valence-corrected chi connectivity index (χ4v) is 14.6. The van der Waals surface area contributed by atoms with Crippen LogP contribution in [0.5, 0.6) is 0 Å². The molecule has 5 amide bonds. The number of aliphatic hydroxyl groups is 6. The van der Waals surface area contributed by atoms with E-state index in [2.05, 4.69) is 57.5 Å². The van der Waals surface area contributed by atoms with Crippen molar-refractivity contribution in [3.8, 4) is 0 Å². The summed E-state index contributed by atoms with van der Waals surface area (Å²) in [6.45, 7) is 10.2. The zero-order chi connectivity index (χ0) is 91.2. The standard InChI is InChI=1S/C82H132N14O33/c1-59(97)85-69-71(102)74(105)81(57-125-76(69)128-81)54-118-40-37-115-34-31-112-28-25-109-22-19-95-44-63(89-92-95)48-121-51-79(87-67(101)15-9-5-10-16-83-66(100)14-8-4-11-17-84-78(107)123-46-61-12-6-3-7-13-61,50-120-47-62-43-94(91-88-62)18-21-108-24-27-111-30-33-114-36-39-117-53-80-56-124-68(127-80)42-65(99)73(80)104)52-122-49-64-45-96(93-90-64)20-23-110-26-29-113-32-35-116-38-41-119-55-82-58-126-77(129-82)70(86-60(2)98)72(103)75(82)106/h3,6-7,12-13,43-45,65,68-77,99,102-106H,4-5,8-11,14-42,46-58H2,1-2H3,(H,83,100)(H,84,107)(H,85,97)(H,86,98)(H,87,101)/t65-,68+,69-,70-,71-,72-,73-,74-,75-,76-,77+,79?,80+,81+,82+/m1/s1. The number of nitrogens with zero attached hydrogens (tertiary/aromatic N) is 9. The van der Waals surface area contributed by atoms with Crippen molar-refractivity contribution >= 4 is 29.7 Å². The highest BCUT2D eigenvalue weighted by atomic mass is 16.8. The van der Waals surface area contributed by atoms with Gasteiger partial charge in [-0.3, -0.25) is 19.2 Å². The summed E-state index contributed by atoms with van der Waals surface area (Å²) in [7, 11) is 0. The Morgan fingerprint density at radius 1 is 0.426 bits per heavy atom. The van der Waals surface area contributed by atoms with E-state index in [1.807, 2.05) is 30.3 Å². The predicted octanol–water partition coefficient (Wildman–Crippen LogP) is -3.43. The van der Waals surface area contributed by atoms with Crippen LogP contribution in [0.15, 0.2) is 48.9 Å². The average molecular weight is 1840 g/mol. The van der Waals surface area contributed by atoms with Gasteiger partial charge in [0.25, 0.3) is 0 Å². The van der Waals surface area contributed by atoms with E-state index in [0.717, 1.165) is 12.0 Å². The van der Waals surface area contributed by atoms with Crippen molar-refractivity contribution in [1.29, 1.82) is 0 Å². The Bertz CT molecular complexity index is 3700. The number of ether oxygens (including phenoxy) is 22. The molecule has 0 saturated carbocycles. The zero-order valence-electron chi connectivity index (χ0n) is 73.6. The minimum atomic E-state index is -1.35. The summed E-state index contributed by atoms with van der Waals surface area (Å²) in [6.07, 6.45) is -0.573. The Kier molecular flexibility index (Phi) is 45.6. The molecule has 6 aliphatic rings. The van der Waals surface area contributed by atoms with Crippen LogP contribution >= 0.6 is 0 Å². The quantitative estimate of drug-likeness (QED) is 0.0192. The number of hydrogen-bond donors (Lipinski definition) is 11. The summed E-state index contributed by atoms with van der Waals surface area (Å²) in [5.74, 6) is -1.18. The number of aliphatic hydroxyl groups excluding tert-OH is 6. The maximum atomic E-state index is 14.3. The highest BCUT2D eigenvalue weighted by Crippen LogP contribution is 2.40. The molecule has 10 rings (SSSR count). The lowest BCUT2D eigenvalue weighted by Crippen LogP contribution is -2.66. The second-order valence-electron chi connectivity index (χ2n) is 32.1. The van der Waals surface area contributed by atoms with Crippen LogP contribution in [0.2, 0.25) is 0 Å². The molecule has 129 heavy (non-hydrogen) atoms. The van der Waals surface area contributed by atoms with Crippen LogP contribution in [0.3, 0.4) is 0 Å². The fraction of sp³-hybridized carbons (Fsp3) is 0.793. The lowest BCUT2D eigenvalue weighted by molar-refractivity contribution is -0.238. The molecule has 1 unspecified atom stereocenters. The molecule has 0 radical (unpaired) electrons. The van der Waals surface area contributed by atoms with Gasteiger partial charge >= 0.3 is 6.09 Å². The van der Waals surface area contributed by atoms with Gasteiger partial charge in [-0.2, -0.15) is 0 Å². The molecule has 11 N–H and O–H groups in total. The molecular weight excluding hydrogens is 1710 g/mol. The van der Waals surface area contributed by atoms with Crippen molar-refractivity contribution in [2.45, 2.75) is 208 Å². The molecule has 47 heteroatoms. The van der Waals surface area contributed by atoms with Gasteiger partial charge in [0, 0.05) is 46.2 Å². The topological polar surface area (TPSA) is 562 Å². The monoisotopic (exact) mass is 1840 g/mol. The van der Waals surface area contributed by atoms with Gasteiger partial charge in [-0.25, -0.2) is 18.8 Å². The lowest BCUT2D eigenvalue weighted by Gasteiger charge is -2.42. The number of benzene rings is 1. The number of unbranched alkanes of at least 4 members (excludes halogenated alkanes) is 4. The van der Waals surface area contributed by atoms with Gasteiger partial charge in [-0.15, -0.1) is 15.3 Å². The smallest absolute Gasteiger partial charge is 0.407 e. The number of alkyl carbamates (subject to hydrolysis) is 1. The SMILES string of the molecule is CC(=O)N[C@H]1[C@@H]2OC[C@](COCCOCCOCCOCCn3cc(COCC(COCc4cn(CCOCCOCCOCCOC[C@@]56CO[C@@H](O5)[C@H](NC(C)=O)[C@@H](O)[C@H]6O)nn4)(COCc4cn(CCOCCOCCOCCOC[C@]56CO[C@H](C[C@@H](O)[C@H]5O)O6)nn4)NC(=O)CCCCCNC(=O)CCCCCNC(=O)OCc4ccccc4)nn3)(O2)[C@H](O)[C@@H]1O. The van der Waals surface area contributed by atoms with Crippen molar-refractivity contribution < 1.29 is 159 Å². The first-order valence-corrected chi connectivity index (χ1v) is 44.1. The van der Waals surface area contributed by atoms with E-state index in [9.17, 15) is 54.6 Å². The van der Waals surface area contributed by atoms with Crippen molar-refractivity contribution in [2.75, 3.05) is 211 Å². The van der Waals surface area contributed by atoms with Crippen molar-refractivity contribution in [3.05, 3.63) is 71.6 Å². The number of carbonyl (C=O) groups is 5. The maximum Gasteiger partial charge on any atom is 0.407 e. The number of amides is 5. The minimum absolute atomic E-state index is 0.0169. The summed E-state index contributed by atoms with van der Waals surface area (Å²) >= 11 is 0. The molecule has 728 valence electrons. The van der Waals surface area contributed by atoms with Crippen molar-refractivity contribution in [1.82, 2.24) is 71.6 Å². The Balaban J connectivity index is 0.652. The maximum absolute atomic E-state index is 14.3. The average Bonchev–Trinajstić information content (AvgIpc) is 1.56. The Hall–Kier alpha value is -7.29. The second-order valence-corrected chi connectivity index (χ2v) is 32.1. The van der Waals surface area contributed by atoms with E-state index >= 15 is 0 Å². The number of aromatic nitrogens is 9. The number of hydrogen-bond acceptors (Lipinski definition) is 39. The first-order chi connectivity index (χ1) is 62.7. The van der Waals surface area contributed by atoms with Crippen LogP contribution in [0.4, 0.5) is 4.79 Å². The Labute approximate surface area is 747 Å². The largest absolute Gasteiger partial charge is 0.445 e. The molecule has 3 aromatic heterocycles. The third-order valence-electron chi connectivity index (χ3n) is 21.5. The first-order valence-electron chi connectivity index (χ1n) is 44.1. The van der Waals surface area contributed by atoms with Crippen molar-refractivity contribution in [3.63, 3.8) is 0 Å². The van der Waals surface area contributed by atoms with E-state index in [4.69, 9.17) is 104 Å². The second kappa shape index (κ2) is 56.7. The van der Waals surface area contributed by atoms with Gasteiger partial charge in [0.2, 0.25) is 23.6 Å². The van der Waals surface area contributed by atoms with Gasteiger partial charge < -0.3 is 161 Å². The van der Waals surface area contributed by atoms with Crippen molar-refractivity contribution in [2.24, 2.45) is 0 Å². The number of rotatable bonds is 71. The van der Waals surface area contributed by atoms with E-state index in [-0.39, 0.29) is 163 Å². The van der Waals surface area contributed by atoms with Crippen LogP contribution < -0.4 is 26.6 Å². The molecule has 6 aliphatic heterocycles. The van der Waals surface area contributed by atoms with E-state index in [1.165, 1.54) is 13.8 Å². The number of carbonyl (C=O) groups excluding carboxylic acids is 5. The normalized spacial score (nSPS) is 24.9. The highest BCUT2D eigenvalue weighted by molar-refractivity contribution is 5.77. The highest BCUT2D eigenvalue weighted by Gasteiger charge is 2.61. The molecule has 0 spiro atoms. The van der Waals surface area contributed by atoms with Gasteiger partial charge in [0.15, 0.2) is 18.9 Å². The number of fused-ring (bicyclic) bond motifs is 6. The van der Waals surface area contributed by atoms with E-state index < -0.39 is 108 Å². The molecule has 4 aromatic rings. The van der Waals surface area contributed by atoms with E-state index in [1.54, 1.807) is 32.6 Å². The molecule has 47 nitrogen and oxygen atoms in total. The van der Waals surface area contributed by atoms with Crippen LogP contribution in [-0.2, 0) is 169 Å². The Morgan fingerprint density at radius 2 is 0.798 bits per heavy atom. The summed E-state index contributed by atoms with van der Waals surface area (Å²) in [4.78, 5) is 62.4. The van der Waals surface area contributed by atoms with Gasteiger partial charge in [-0.05, 0) is 31.2 Å². The van der Waals surface area contributed by atoms with Gasteiger partial charge in [0.1, 0.15) is 88.6 Å². The molecule has 15 atom stereocenters. The molecule has 0 aliphatic carbocycles. The molecule has 9 heterocycles. The summed E-state index contributed by atoms with van der Waals surface area (Å²) in [5, 5.41) is 103. The molecule has 1 aromatic carbocycles. The van der Waals surface area contributed by atoms with Crippen LogP contribution in [0.1, 0.15) is 94.3 Å². The molecule has 6 bridgehead atoms. The summed E-state index contributed by atoms with van der Waals surface area (Å²) < 4.78 is 132. The van der Waals surface area contributed by atoms with E-state index in [0.29, 0.717) is 174 Å². The molecule has 6 fully saturated rings. The Morgan fingerprint density at radius 3 is 1.21 bits per heavy atom. The summed E-state index contributed by atoms with van der Waals surface area (Å²) in [5.41, 5.74) is -2.61. The van der Waals surface area contributed by atoms with Gasteiger partial charge in [0.05, 0.1) is 262 Å². The van der Waals surface area contributed by atoms with Crippen LogP contribution in [0.25, 0.3) is 0 Å². The third-order valence-corrected chi connectivity index (χ3v) is 21.5. The molecular formula is C82H132N14O33. The zero-order valence-corrected chi connectivity index (χ0v) is 73.6. The van der Waals surface area contributed by atoms with Crippen LogP contribution in [-0.4, -0.2) is 407 Å².